The lowest BCUT2D eigenvalue weighted by atomic mass is 9.84. The molecular weight excluding hydrogens is 279 g/mol. The highest BCUT2D eigenvalue weighted by Crippen LogP contribution is 2.29. The predicted octanol–water partition coefficient (Wildman–Crippen LogP) is 3.18. The number of carboxylic acids is 1. The maximum Gasteiger partial charge on any atom is 0.326 e. The van der Waals surface area contributed by atoms with E-state index in [4.69, 9.17) is 0 Å². The van der Waals surface area contributed by atoms with Gasteiger partial charge in [0.05, 0.1) is 16.7 Å². The van der Waals surface area contributed by atoms with Crippen LogP contribution in [0.1, 0.15) is 32.1 Å². The second-order valence-electron chi connectivity index (χ2n) is 5.28. The molecular formula is C14H17FN2O4. The molecule has 1 atom stereocenters. The van der Waals surface area contributed by atoms with Crippen molar-refractivity contribution in [1.29, 1.82) is 0 Å². The minimum atomic E-state index is -1.03. The molecule has 0 bridgehead atoms. The zero-order valence-corrected chi connectivity index (χ0v) is 11.4. The second kappa shape index (κ2) is 6.51. The molecule has 1 aliphatic rings. The Balaban J connectivity index is 2.16. The van der Waals surface area contributed by atoms with Crippen LogP contribution >= 0.6 is 0 Å². The third-order valence-corrected chi connectivity index (χ3v) is 3.86. The SMILES string of the molecule is O=C(O)C(Nc1ccc([N+](=O)[O-])cc1F)C1CCCCC1. The average Bonchev–Trinajstić information content (AvgIpc) is 2.46. The third kappa shape index (κ3) is 3.68. The first-order valence-electron chi connectivity index (χ1n) is 6.92. The molecule has 2 N–H and O–H groups in total. The molecule has 0 amide bonds. The first-order chi connectivity index (χ1) is 9.99. The average molecular weight is 296 g/mol. The van der Waals surface area contributed by atoms with Gasteiger partial charge in [-0.15, -0.1) is 0 Å². The van der Waals surface area contributed by atoms with Gasteiger partial charge in [0.1, 0.15) is 6.04 Å². The molecule has 1 aromatic rings. The zero-order chi connectivity index (χ0) is 15.4. The summed E-state index contributed by atoms with van der Waals surface area (Å²) >= 11 is 0. The van der Waals surface area contributed by atoms with Crippen LogP contribution in [0.3, 0.4) is 0 Å². The van der Waals surface area contributed by atoms with E-state index in [1.807, 2.05) is 0 Å². The van der Waals surface area contributed by atoms with Crippen molar-refractivity contribution in [3.8, 4) is 0 Å². The Kier molecular flexibility index (Phi) is 4.72. The van der Waals surface area contributed by atoms with E-state index in [-0.39, 0.29) is 17.3 Å². The molecule has 114 valence electrons. The quantitative estimate of drug-likeness (QED) is 0.643. The number of rotatable bonds is 5. The van der Waals surface area contributed by atoms with Gasteiger partial charge in [0.15, 0.2) is 5.82 Å². The smallest absolute Gasteiger partial charge is 0.326 e. The van der Waals surface area contributed by atoms with E-state index >= 15 is 0 Å². The summed E-state index contributed by atoms with van der Waals surface area (Å²) in [6, 6.07) is 2.29. The Morgan fingerprint density at radius 3 is 2.57 bits per heavy atom. The lowest BCUT2D eigenvalue weighted by Crippen LogP contribution is -2.38. The monoisotopic (exact) mass is 296 g/mol. The summed E-state index contributed by atoms with van der Waals surface area (Å²) < 4.78 is 13.8. The van der Waals surface area contributed by atoms with Gasteiger partial charge in [-0.2, -0.15) is 0 Å². The van der Waals surface area contributed by atoms with Gasteiger partial charge in [-0.05, 0) is 24.8 Å². The molecule has 0 aromatic heterocycles. The van der Waals surface area contributed by atoms with Crippen molar-refractivity contribution < 1.29 is 19.2 Å². The largest absolute Gasteiger partial charge is 0.480 e. The summed E-state index contributed by atoms with van der Waals surface area (Å²) in [7, 11) is 0. The van der Waals surface area contributed by atoms with Gasteiger partial charge >= 0.3 is 5.97 Å². The summed E-state index contributed by atoms with van der Waals surface area (Å²) in [5.41, 5.74) is -0.374. The second-order valence-corrected chi connectivity index (χ2v) is 5.28. The summed E-state index contributed by atoms with van der Waals surface area (Å²) in [6.07, 6.45) is 4.61. The van der Waals surface area contributed by atoms with Crippen LogP contribution in [0, 0.1) is 21.8 Å². The maximum atomic E-state index is 13.8. The Morgan fingerprint density at radius 1 is 1.38 bits per heavy atom. The summed E-state index contributed by atoms with van der Waals surface area (Å²) in [5, 5.41) is 22.6. The van der Waals surface area contributed by atoms with E-state index in [0.29, 0.717) is 0 Å². The fraction of sp³-hybridized carbons (Fsp3) is 0.500. The fourth-order valence-corrected chi connectivity index (χ4v) is 2.75. The number of anilines is 1. The van der Waals surface area contributed by atoms with E-state index < -0.39 is 22.8 Å². The number of benzene rings is 1. The molecule has 1 saturated carbocycles. The Labute approximate surface area is 121 Å². The molecule has 0 aliphatic heterocycles. The molecule has 1 unspecified atom stereocenters. The molecule has 0 saturated heterocycles. The highest BCUT2D eigenvalue weighted by atomic mass is 19.1. The van der Waals surface area contributed by atoms with Crippen LogP contribution in [0.4, 0.5) is 15.8 Å². The van der Waals surface area contributed by atoms with Crippen molar-refractivity contribution in [1.82, 2.24) is 0 Å². The van der Waals surface area contributed by atoms with Crippen molar-refractivity contribution in [3.63, 3.8) is 0 Å². The molecule has 21 heavy (non-hydrogen) atoms. The first kappa shape index (κ1) is 15.2. The van der Waals surface area contributed by atoms with Gasteiger partial charge in [-0.25, -0.2) is 9.18 Å². The molecule has 2 rings (SSSR count). The first-order valence-corrected chi connectivity index (χ1v) is 6.92. The lowest BCUT2D eigenvalue weighted by Gasteiger charge is -2.28. The Bertz CT molecular complexity index is 544. The van der Waals surface area contributed by atoms with Crippen LogP contribution in [0.5, 0.6) is 0 Å². The number of carbonyl (C=O) groups is 1. The minimum Gasteiger partial charge on any atom is -0.480 e. The molecule has 1 fully saturated rings. The number of hydrogen-bond donors (Lipinski definition) is 2. The molecule has 0 heterocycles. The van der Waals surface area contributed by atoms with Gasteiger partial charge in [0, 0.05) is 6.07 Å². The molecule has 0 spiro atoms. The molecule has 7 heteroatoms. The maximum absolute atomic E-state index is 13.8. The Hall–Kier alpha value is -2.18. The molecule has 6 nitrogen and oxygen atoms in total. The minimum absolute atomic E-state index is 0.0152. The van der Waals surface area contributed by atoms with Crippen molar-refractivity contribution in [2.75, 3.05) is 5.32 Å². The fourth-order valence-electron chi connectivity index (χ4n) is 2.75. The number of aliphatic carboxylic acids is 1. The van der Waals surface area contributed by atoms with Gasteiger partial charge in [0.2, 0.25) is 0 Å². The van der Waals surface area contributed by atoms with Crippen molar-refractivity contribution in [2.45, 2.75) is 38.1 Å². The van der Waals surface area contributed by atoms with E-state index in [2.05, 4.69) is 5.32 Å². The van der Waals surface area contributed by atoms with Crippen molar-refractivity contribution in [2.24, 2.45) is 5.92 Å². The highest BCUT2D eigenvalue weighted by molar-refractivity contribution is 5.78. The van der Waals surface area contributed by atoms with E-state index in [9.17, 15) is 24.4 Å². The van der Waals surface area contributed by atoms with Crippen LogP contribution < -0.4 is 5.32 Å². The summed E-state index contributed by atoms with van der Waals surface area (Å²) in [4.78, 5) is 21.3. The number of hydrogen-bond acceptors (Lipinski definition) is 4. The molecule has 1 aliphatic carbocycles. The van der Waals surface area contributed by atoms with Gasteiger partial charge in [-0.3, -0.25) is 10.1 Å². The number of nitrogens with one attached hydrogen (secondary N) is 1. The molecule has 0 radical (unpaired) electrons. The van der Waals surface area contributed by atoms with Gasteiger partial charge < -0.3 is 10.4 Å². The molecule has 1 aromatic carbocycles. The van der Waals surface area contributed by atoms with Crippen LogP contribution in [-0.2, 0) is 4.79 Å². The number of nitro benzene ring substituents is 1. The normalized spacial score (nSPS) is 17.2. The zero-order valence-electron chi connectivity index (χ0n) is 11.4. The predicted molar refractivity (Wildman–Crippen MR) is 74.7 cm³/mol. The Morgan fingerprint density at radius 2 is 2.05 bits per heavy atom. The van der Waals surface area contributed by atoms with E-state index in [1.54, 1.807) is 0 Å². The van der Waals surface area contributed by atoms with Gasteiger partial charge in [-0.1, -0.05) is 19.3 Å². The van der Waals surface area contributed by atoms with Crippen molar-refractivity contribution in [3.05, 3.63) is 34.1 Å². The van der Waals surface area contributed by atoms with E-state index in [1.165, 1.54) is 6.07 Å². The topological polar surface area (TPSA) is 92.5 Å². The third-order valence-electron chi connectivity index (χ3n) is 3.86. The summed E-state index contributed by atoms with van der Waals surface area (Å²) in [6.45, 7) is 0. The van der Waals surface area contributed by atoms with Crippen LogP contribution in [0.15, 0.2) is 18.2 Å². The number of nitrogens with zero attached hydrogens (tertiary/aromatic N) is 1. The van der Waals surface area contributed by atoms with E-state index in [0.717, 1.165) is 44.2 Å². The van der Waals surface area contributed by atoms with Gasteiger partial charge in [0.25, 0.3) is 5.69 Å². The standard InChI is InChI=1S/C14H17FN2O4/c15-11-8-10(17(20)21)6-7-12(11)16-13(14(18)19)9-4-2-1-3-5-9/h6-9,13,16H,1-5H2,(H,18,19). The number of carboxylic acid groups (broad SMARTS) is 1. The highest BCUT2D eigenvalue weighted by Gasteiger charge is 2.30. The van der Waals surface area contributed by atoms with Crippen LogP contribution in [0.2, 0.25) is 0 Å². The number of halogens is 1. The van der Waals surface area contributed by atoms with Crippen molar-refractivity contribution >= 4 is 17.3 Å². The number of non-ortho nitro benzene ring substituents is 1. The summed E-state index contributed by atoms with van der Waals surface area (Å²) in [5.74, 6) is -1.89. The van der Waals surface area contributed by atoms with Crippen LogP contribution in [-0.4, -0.2) is 22.0 Å². The van der Waals surface area contributed by atoms with Crippen LogP contribution in [0.25, 0.3) is 0 Å². The lowest BCUT2D eigenvalue weighted by molar-refractivity contribution is -0.385. The number of nitro groups is 1.